The number of hydrogen-bond acceptors (Lipinski definition) is 4. The number of carboxylic acids is 1. The Balaban J connectivity index is 2.26. The van der Waals surface area contributed by atoms with E-state index in [2.05, 4.69) is 5.32 Å². The fraction of sp³-hybridized carbons (Fsp3) is 0.467. The van der Waals surface area contributed by atoms with E-state index in [1.165, 1.54) is 6.92 Å². The average Bonchev–Trinajstić information content (AvgIpc) is 2.55. The van der Waals surface area contributed by atoms with Crippen LogP contribution in [-0.4, -0.2) is 48.3 Å². The largest absolute Gasteiger partial charge is 0.480 e. The summed E-state index contributed by atoms with van der Waals surface area (Å²) in [6, 6.07) is 2.28. The summed E-state index contributed by atoms with van der Waals surface area (Å²) in [7, 11) is -3.97. The molecular formula is C15H19FN2O5S. The average molecular weight is 358 g/mol. The molecule has 1 heterocycles. The monoisotopic (exact) mass is 358 g/mol. The van der Waals surface area contributed by atoms with Gasteiger partial charge in [0.15, 0.2) is 0 Å². The second-order valence-corrected chi connectivity index (χ2v) is 7.54. The molecule has 0 bridgehead atoms. The van der Waals surface area contributed by atoms with Crippen LogP contribution in [0.5, 0.6) is 0 Å². The van der Waals surface area contributed by atoms with Crippen molar-refractivity contribution in [3.05, 3.63) is 30.1 Å². The van der Waals surface area contributed by atoms with Crippen LogP contribution in [0.2, 0.25) is 0 Å². The smallest absolute Gasteiger partial charge is 0.325 e. The number of hydrogen-bond donors (Lipinski definition) is 2. The summed E-state index contributed by atoms with van der Waals surface area (Å²) < 4.78 is 39.6. The Morgan fingerprint density at radius 3 is 2.50 bits per heavy atom. The van der Waals surface area contributed by atoms with Crippen molar-refractivity contribution in [2.24, 2.45) is 0 Å². The Bertz CT molecular complexity index is 720. The number of nitrogens with one attached hydrogen (secondary N) is 1. The van der Waals surface area contributed by atoms with Gasteiger partial charge in [0.2, 0.25) is 15.9 Å². The molecule has 132 valence electrons. The van der Waals surface area contributed by atoms with Crippen molar-refractivity contribution in [2.45, 2.75) is 43.2 Å². The summed E-state index contributed by atoms with van der Waals surface area (Å²) >= 11 is 0. The van der Waals surface area contributed by atoms with Gasteiger partial charge in [0.05, 0.1) is 4.90 Å². The minimum atomic E-state index is -3.97. The standard InChI is InChI=1S/C15H19FN2O5S/c1-10(15(20)21)17-14(19)13-4-2-3-9-18(13)24(22,23)12-7-5-11(16)6-8-12/h5-8,10,13H,2-4,9H2,1H3,(H,17,19)(H,20,21). The van der Waals surface area contributed by atoms with Crippen molar-refractivity contribution in [2.75, 3.05) is 6.54 Å². The highest BCUT2D eigenvalue weighted by Crippen LogP contribution is 2.25. The predicted octanol–water partition coefficient (Wildman–Crippen LogP) is 0.958. The van der Waals surface area contributed by atoms with Crippen LogP contribution >= 0.6 is 0 Å². The van der Waals surface area contributed by atoms with Crippen LogP contribution in [0.15, 0.2) is 29.2 Å². The molecule has 0 saturated carbocycles. The molecule has 24 heavy (non-hydrogen) atoms. The van der Waals surface area contributed by atoms with Crippen LogP contribution in [0.25, 0.3) is 0 Å². The Morgan fingerprint density at radius 1 is 1.29 bits per heavy atom. The van der Waals surface area contributed by atoms with Gasteiger partial charge in [-0.3, -0.25) is 9.59 Å². The number of nitrogens with zero attached hydrogens (tertiary/aromatic N) is 1. The van der Waals surface area contributed by atoms with E-state index in [1.807, 2.05) is 0 Å². The molecule has 7 nitrogen and oxygen atoms in total. The van der Waals surface area contributed by atoms with Gasteiger partial charge < -0.3 is 10.4 Å². The Labute approximate surface area is 139 Å². The molecule has 1 aromatic carbocycles. The molecule has 1 aromatic rings. The molecule has 2 rings (SSSR count). The number of rotatable bonds is 5. The molecule has 1 saturated heterocycles. The minimum Gasteiger partial charge on any atom is -0.480 e. The molecule has 9 heteroatoms. The third-order valence-corrected chi connectivity index (χ3v) is 5.83. The van der Waals surface area contributed by atoms with Gasteiger partial charge in [-0.1, -0.05) is 6.42 Å². The van der Waals surface area contributed by atoms with Gasteiger partial charge in [-0.05, 0) is 44.0 Å². The van der Waals surface area contributed by atoms with E-state index >= 15 is 0 Å². The zero-order chi connectivity index (χ0) is 17.9. The number of piperidine rings is 1. The van der Waals surface area contributed by atoms with Gasteiger partial charge in [-0.25, -0.2) is 12.8 Å². The highest BCUT2D eigenvalue weighted by atomic mass is 32.2. The van der Waals surface area contributed by atoms with Gasteiger partial charge in [0, 0.05) is 6.54 Å². The SMILES string of the molecule is CC(NC(=O)C1CCCCN1S(=O)(=O)c1ccc(F)cc1)C(=O)O. The Morgan fingerprint density at radius 2 is 1.92 bits per heavy atom. The number of sulfonamides is 1. The summed E-state index contributed by atoms with van der Waals surface area (Å²) in [5, 5.41) is 11.2. The maximum absolute atomic E-state index is 13.0. The van der Waals surface area contributed by atoms with Gasteiger partial charge in [0.1, 0.15) is 17.9 Å². The van der Waals surface area contributed by atoms with Crippen molar-refractivity contribution in [1.82, 2.24) is 9.62 Å². The highest BCUT2D eigenvalue weighted by Gasteiger charge is 2.38. The molecule has 2 atom stereocenters. The normalized spacial score (nSPS) is 20.3. The third kappa shape index (κ3) is 3.90. The molecule has 2 unspecified atom stereocenters. The second-order valence-electron chi connectivity index (χ2n) is 5.65. The molecule has 1 aliphatic rings. The third-order valence-electron chi connectivity index (χ3n) is 3.91. The molecule has 0 aromatic heterocycles. The molecule has 1 aliphatic heterocycles. The van der Waals surface area contributed by atoms with Crippen LogP contribution in [0.3, 0.4) is 0 Å². The number of aliphatic carboxylic acids is 1. The lowest BCUT2D eigenvalue weighted by atomic mass is 10.0. The topological polar surface area (TPSA) is 104 Å². The van der Waals surface area contributed by atoms with Crippen molar-refractivity contribution in [3.8, 4) is 0 Å². The maximum atomic E-state index is 13.0. The summed E-state index contributed by atoms with van der Waals surface area (Å²) in [6.07, 6.45) is 1.56. The van der Waals surface area contributed by atoms with E-state index in [4.69, 9.17) is 5.11 Å². The summed E-state index contributed by atoms with van der Waals surface area (Å²) in [5.74, 6) is -2.40. The van der Waals surface area contributed by atoms with Gasteiger partial charge in [0.25, 0.3) is 0 Å². The number of halogens is 1. The van der Waals surface area contributed by atoms with Crippen molar-refractivity contribution < 1.29 is 27.5 Å². The van der Waals surface area contributed by atoms with E-state index in [0.29, 0.717) is 19.3 Å². The lowest BCUT2D eigenvalue weighted by molar-refractivity contribution is -0.142. The van der Waals surface area contributed by atoms with Gasteiger partial charge in [-0.15, -0.1) is 0 Å². The number of benzene rings is 1. The van der Waals surface area contributed by atoms with E-state index in [9.17, 15) is 22.4 Å². The van der Waals surface area contributed by atoms with Crippen LogP contribution < -0.4 is 5.32 Å². The first-order valence-corrected chi connectivity index (χ1v) is 8.98. The second kappa shape index (κ2) is 7.27. The lowest BCUT2D eigenvalue weighted by Gasteiger charge is -2.34. The van der Waals surface area contributed by atoms with Gasteiger partial charge >= 0.3 is 5.97 Å². The van der Waals surface area contributed by atoms with Crippen molar-refractivity contribution in [3.63, 3.8) is 0 Å². The van der Waals surface area contributed by atoms with E-state index in [0.717, 1.165) is 28.6 Å². The van der Waals surface area contributed by atoms with Crippen LogP contribution in [0.4, 0.5) is 4.39 Å². The van der Waals surface area contributed by atoms with E-state index < -0.39 is 39.8 Å². The first-order valence-electron chi connectivity index (χ1n) is 7.54. The molecule has 1 amide bonds. The van der Waals surface area contributed by atoms with Crippen LogP contribution in [0, 0.1) is 5.82 Å². The number of carboxylic acid groups (broad SMARTS) is 1. The molecular weight excluding hydrogens is 339 g/mol. The van der Waals surface area contributed by atoms with Crippen LogP contribution in [0.1, 0.15) is 26.2 Å². The molecule has 0 radical (unpaired) electrons. The van der Waals surface area contributed by atoms with E-state index in [1.54, 1.807) is 0 Å². The summed E-state index contributed by atoms with van der Waals surface area (Å²) in [4.78, 5) is 23.1. The van der Waals surface area contributed by atoms with Gasteiger partial charge in [-0.2, -0.15) is 4.31 Å². The predicted molar refractivity (Wildman–Crippen MR) is 83.2 cm³/mol. The lowest BCUT2D eigenvalue weighted by Crippen LogP contribution is -2.54. The Kier molecular flexibility index (Phi) is 5.55. The highest BCUT2D eigenvalue weighted by molar-refractivity contribution is 7.89. The molecule has 0 spiro atoms. The fourth-order valence-corrected chi connectivity index (χ4v) is 4.22. The summed E-state index contributed by atoms with van der Waals surface area (Å²) in [6.45, 7) is 1.46. The number of amides is 1. The number of carbonyl (C=O) groups is 2. The zero-order valence-corrected chi connectivity index (χ0v) is 13.9. The molecule has 0 aliphatic carbocycles. The molecule has 2 N–H and O–H groups in total. The van der Waals surface area contributed by atoms with Crippen molar-refractivity contribution in [1.29, 1.82) is 0 Å². The number of carbonyl (C=O) groups excluding carboxylic acids is 1. The quantitative estimate of drug-likeness (QED) is 0.816. The summed E-state index contributed by atoms with van der Waals surface area (Å²) in [5.41, 5.74) is 0. The Hall–Kier alpha value is -2.00. The van der Waals surface area contributed by atoms with Crippen LogP contribution in [-0.2, 0) is 19.6 Å². The van der Waals surface area contributed by atoms with Crippen molar-refractivity contribution >= 4 is 21.9 Å². The first kappa shape index (κ1) is 18.3. The molecule has 1 fully saturated rings. The fourth-order valence-electron chi connectivity index (χ4n) is 2.57. The zero-order valence-electron chi connectivity index (χ0n) is 13.1. The maximum Gasteiger partial charge on any atom is 0.325 e. The first-order chi connectivity index (χ1) is 11.2. The minimum absolute atomic E-state index is 0.102. The van der Waals surface area contributed by atoms with E-state index in [-0.39, 0.29) is 11.4 Å².